The zero-order valence-electron chi connectivity index (χ0n) is 31.8. The molecule has 56 heavy (non-hydrogen) atoms. The SMILES string of the molecule is Cc1cc([C@@H]2COc3cc(O)ccc3[C@@H]2c2ccc(N3CCC(CN4CCN(c5ccc6c(c5)CN([C@H]5CCC(=O)NC5=O)C6=O)CC4)CC3)cc2)ccc1F. The lowest BCUT2D eigenvalue weighted by Crippen LogP contribution is -2.52. The van der Waals surface area contributed by atoms with Gasteiger partial charge in [0.2, 0.25) is 11.8 Å². The molecule has 10 nitrogen and oxygen atoms in total. The van der Waals surface area contributed by atoms with Gasteiger partial charge in [-0.3, -0.25) is 24.6 Å². The predicted octanol–water partition coefficient (Wildman–Crippen LogP) is 5.95. The van der Waals surface area contributed by atoms with Crippen LogP contribution in [-0.2, 0) is 16.1 Å². The van der Waals surface area contributed by atoms with Crippen LogP contribution in [0.25, 0.3) is 0 Å². The zero-order valence-corrected chi connectivity index (χ0v) is 31.8. The Balaban J connectivity index is 0.788. The van der Waals surface area contributed by atoms with Crippen LogP contribution >= 0.6 is 0 Å². The normalized spacial score (nSPS) is 23.1. The van der Waals surface area contributed by atoms with Crippen LogP contribution in [0.1, 0.15) is 75.7 Å². The molecule has 0 bridgehead atoms. The largest absolute Gasteiger partial charge is 0.508 e. The molecule has 5 aliphatic rings. The summed E-state index contributed by atoms with van der Waals surface area (Å²) in [5, 5.41) is 12.5. The lowest BCUT2D eigenvalue weighted by molar-refractivity contribution is -0.136. The van der Waals surface area contributed by atoms with Crippen molar-refractivity contribution in [3.8, 4) is 11.5 Å². The number of nitrogens with one attached hydrogen (secondary N) is 1. The summed E-state index contributed by atoms with van der Waals surface area (Å²) < 4.78 is 20.4. The number of anilines is 2. The standard InChI is InChI=1S/C45H48FN5O5/c1-28-22-31(4-11-39(28)46)38-27-56-41-24-35(52)8-10-37(41)43(38)30-2-5-33(6-3-30)49-16-14-29(15-17-49)25-48-18-20-50(21-19-48)34-7-9-36-32(23-34)26-51(45(36)55)40-12-13-42(53)47-44(40)54/h2-11,22-24,29,38,40,43,52H,12-21,25-27H2,1H3,(H,47,53,54)/t38-,40-,43-/m0/s1. The second-order valence-corrected chi connectivity index (χ2v) is 16.2. The Bertz CT molecular complexity index is 2160. The quantitative estimate of drug-likeness (QED) is 0.223. The third-order valence-electron chi connectivity index (χ3n) is 12.8. The van der Waals surface area contributed by atoms with Crippen molar-refractivity contribution in [2.45, 2.75) is 57.0 Å². The molecule has 3 amide bonds. The number of benzene rings is 4. The van der Waals surface area contributed by atoms with Crippen molar-refractivity contribution in [1.82, 2.24) is 15.1 Å². The molecule has 3 fully saturated rings. The number of ether oxygens (including phenoxy) is 1. The van der Waals surface area contributed by atoms with E-state index in [9.17, 15) is 23.9 Å². The average Bonchev–Trinajstić information content (AvgIpc) is 3.54. The minimum Gasteiger partial charge on any atom is -0.508 e. The van der Waals surface area contributed by atoms with E-state index in [1.54, 1.807) is 30.0 Å². The number of carbonyl (C=O) groups is 3. The average molecular weight is 758 g/mol. The molecule has 2 N–H and O–H groups in total. The van der Waals surface area contributed by atoms with Crippen molar-refractivity contribution in [3.05, 3.63) is 118 Å². The van der Waals surface area contributed by atoms with Gasteiger partial charge in [-0.25, -0.2) is 4.39 Å². The molecular weight excluding hydrogens is 710 g/mol. The first-order chi connectivity index (χ1) is 27.2. The number of phenolic OH excluding ortho intramolecular Hbond substituents is 1. The van der Waals surface area contributed by atoms with Gasteiger partial charge in [0.1, 0.15) is 23.4 Å². The molecule has 3 saturated heterocycles. The molecular formula is C45H48FN5O5. The summed E-state index contributed by atoms with van der Waals surface area (Å²) in [5.41, 5.74) is 7.80. The third kappa shape index (κ3) is 6.97. The second kappa shape index (κ2) is 14.9. The van der Waals surface area contributed by atoms with Gasteiger partial charge in [0.05, 0.1) is 6.61 Å². The molecule has 5 heterocycles. The lowest BCUT2D eigenvalue weighted by Gasteiger charge is -2.40. The number of nitrogens with zero attached hydrogens (tertiary/aromatic N) is 4. The molecule has 9 rings (SSSR count). The number of hydrogen-bond donors (Lipinski definition) is 2. The number of aryl methyl sites for hydroxylation is 1. The van der Waals surface area contributed by atoms with Crippen LogP contribution in [0, 0.1) is 18.7 Å². The summed E-state index contributed by atoms with van der Waals surface area (Å²) in [6.07, 6.45) is 2.91. The van der Waals surface area contributed by atoms with Gasteiger partial charge >= 0.3 is 0 Å². The summed E-state index contributed by atoms with van der Waals surface area (Å²) in [6.45, 7) is 9.61. The van der Waals surface area contributed by atoms with Crippen molar-refractivity contribution >= 4 is 29.1 Å². The Labute approximate surface area is 326 Å². The fraction of sp³-hybridized carbons (Fsp3) is 0.400. The van der Waals surface area contributed by atoms with Crippen LogP contribution in [0.5, 0.6) is 11.5 Å². The topological polar surface area (TPSA) is 106 Å². The number of aromatic hydroxyl groups is 1. The number of piperazine rings is 1. The highest BCUT2D eigenvalue weighted by Gasteiger charge is 2.39. The van der Waals surface area contributed by atoms with E-state index in [1.807, 2.05) is 30.3 Å². The number of piperidine rings is 2. The van der Waals surface area contributed by atoms with E-state index in [0.717, 1.165) is 81.0 Å². The molecule has 290 valence electrons. The van der Waals surface area contributed by atoms with Crippen LogP contribution < -0.4 is 19.9 Å². The summed E-state index contributed by atoms with van der Waals surface area (Å²) in [6, 6.07) is 25.1. The Morgan fingerprint density at radius 2 is 1.54 bits per heavy atom. The number of imide groups is 1. The van der Waals surface area contributed by atoms with Crippen molar-refractivity contribution in [1.29, 1.82) is 0 Å². The first-order valence-corrected chi connectivity index (χ1v) is 20.0. The summed E-state index contributed by atoms with van der Waals surface area (Å²) in [5.74, 6) is 0.530. The number of carbonyl (C=O) groups excluding carboxylic acids is 3. The number of rotatable bonds is 7. The number of halogens is 1. The highest BCUT2D eigenvalue weighted by atomic mass is 19.1. The fourth-order valence-corrected chi connectivity index (χ4v) is 9.57. The van der Waals surface area contributed by atoms with Gasteiger partial charge in [-0.2, -0.15) is 0 Å². The van der Waals surface area contributed by atoms with Gasteiger partial charge in [-0.05, 0) is 96.8 Å². The van der Waals surface area contributed by atoms with E-state index in [1.165, 1.54) is 11.3 Å². The number of amides is 3. The molecule has 0 aliphatic carbocycles. The summed E-state index contributed by atoms with van der Waals surface area (Å²) >= 11 is 0. The third-order valence-corrected chi connectivity index (χ3v) is 12.8. The summed E-state index contributed by atoms with van der Waals surface area (Å²) in [4.78, 5) is 46.3. The number of phenols is 1. The van der Waals surface area contributed by atoms with Gasteiger partial charge in [-0.1, -0.05) is 30.3 Å². The van der Waals surface area contributed by atoms with Crippen LogP contribution in [0.4, 0.5) is 15.8 Å². The van der Waals surface area contributed by atoms with E-state index in [0.29, 0.717) is 42.4 Å². The molecule has 0 saturated carbocycles. The van der Waals surface area contributed by atoms with Gasteiger partial charge in [0.15, 0.2) is 0 Å². The van der Waals surface area contributed by atoms with E-state index >= 15 is 0 Å². The fourth-order valence-electron chi connectivity index (χ4n) is 9.57. The van der Waals surface area contributed by atoms with Crippen LogP contribution in [0.15, 0.2) is 78.9 Å². The van der Waals surface area contributed by atoms with Crippen molar-refractivity contribution < 1.29 is 28.6 Å². The smallest absolute Gasteiger partial charge is 0.255 e. The minimum atomic E-state index is -0.599. The monoisotopic (exact) mass is 757 g/mol. The molecule has 4 aromatic carbocycles. The molecule has 11 heteroatoms. The molecule has 4 aromatic rings. The lowest BCUT2D eigenvalue weighted by atomic mass is 9.75. The van der Waals surface area contributed by atoms with Gasteiger partial charge in [0, 0.05) is 99.2 Å². The van der Waals surface area contributed by atoms with Crippen molar-refractivity contribution in [2.75, 3.05) is 62.2 Å². The zero-order chi connectivity index (χ0) is 38.5. The van der Waals surface area contributed by atoms with E-state index in [-0.39, 0.29) is 47.5 Å². The van der Waals surface area contributed by atoms with Crippen molar-refractivity contribution in [2.24, 2.45) is 5.92 Å². The molecule has 0 aromatic heterocycles. The van der Waals surface area contributed by atoms with E-state index in [4.69, 9.17) is 4.74 Å². The molecule has 5 aliphatic heterocycles. The van der Waals surface area contributed by atoms with Crippen LogP contribution in [0.2, 0.25) is 0 Å². The molecule has 0 unspecified atom stereocenters. The first kappa shape index (κ1) is 36.2. The van der Waals surface area contributed by atoms with Crippen LogP contribution in [0.3, 0.4) is 0 Å². The van der Waals surface area contributed by atoms with E-state index in [2.05, 4.69) is 50.3 Å². The number of hydrogen-bond acceptors (Lipinski definition) is 8. The highest BCUT2D eigenvalue weighted by Crippen LogP contribution is 2.47. The van der Waals surface area contributed by atoms with Gasteiger partial charge < -0.3 is 24.5 Å². The Hall–Kier alpha value is -5.42. The minimum absolute atomic E-state index is 0.00621. The maximum atomic E-state index is 14.2. The first-order valence-electron chi connectivity index (χ1n) is 20.0. The Kier molecular flexibility index (Phi) is 9.65. The molecule has 0 spiro atoms. The molecule has 3 atom stereocenters. The maximum absolute atomic E-state index is 14.2. The van der Waals surface area contributed by atoms with Crippen molar-refractivity contribution in [3.63, 3.8) is 0 Å². The second-order valence-electron chi connectivity index (χ2n) is 16.2. The maximum Gasteiger partial charge on any atom is 0.255 e. The summed E-state index contributed by atoms with van der Waals surface area (Å²) in [7, 11) is 0. The Morgan fingerprint density at radius 3 is 2.29 bits per heavy atom. The number of fused-ring (bicyclic) bond motifs is 2. The highest BCUT2D eigenvalue weighted by molar-refractivity contribution is 6.05. The predicted molar refractivity (Wildman–Crippen MR) is 212 cm³/mol. The van der Waals surface area contributed by atoms with E-state index < -0.39 is 6.04 Å². The van der Waals surface area contributed by atoms with Gasteiger partial charge in [-0.15, -0.1) is 0 Å². The van der Waals surface area contributed by atoms with Crippen LogP contribution in [-0.4, -0.2) is 91.1 Å². The molecule has 0 radical (unpaired) electrons. The Morgan fingerprint density at radius 1 is 0.804 bits per heavy atom. The van der Waals surface area contributed by atoms with Gasteiger partial charge in [0.25, 0.3) is 5.91 Å².